The van der Waals surface area contributed by atoms with Crippen LogP contribution >= 0.6 is 0 Å². The highest BCUT2D eigenvalue weighted by atomic mass is 16.4. The van der Waals surface area contributed by atoms with Crippen LogP contribution in [0, 0.1) is 0 Å². The molecule has 0 bridgehead atoms. The van der Waals surface area contributed by atoms with E-state index in [4.69, 9.17) is 5.11 Å². The molecule has 1 aromatic heterocycles. The van der Waals surface area contributed by atoms with E-state index in [1.165, 1.54) is 0 Å². The minimum Gasteiger partial charge on any atom is -0.480 e. The molecule has 1 unspecified atom stereocenters. The van der Waals surface area contributed by atoms with Crippen LogP contribution in [0.2, 0.25) is 0 Å². The minimum absolute atomic E-state index is 0.267. The van der Waals surface area contributed by atoms with Crippen LogP contribution in [0.15, 0.2) is 30.5 Å². The summed E-state index contributed by atoms with van der Waals surface area (Å²) in [5.74, 6) is -1.04. The van der Waals surface area contributed by atoms with Gasteiger partial charge in [0.25, 0.3) is 0 Å². The molecule has 0 aliphatic carbocycles. The van der Waals surface area contributed by atoms with E-state index in [1.54, 1.807) is 6.20 Å². The van der Waals surface area contributed by atoms with Crippen molar-refractivity contribution in [3.05, 3.63) is 36.0 Å². The molecule has 5 nitrogen and oxygen atoms in total. The highest BCUT2D eigenvalue weighted by molar-refractivity contribution is 5.84. The molecule has 1 heterocycles. The van der Waals surface area contributed by atoms with Gasteiger partial charge in [-0.1, -0.05) is 12.1 Å². The number of aliphatic carboxylic acids is 1. The molecule has 0 aliphatic heterocycles. The van der Waals surface area contributed by atoms with E-state index < -0.39 is 12.0 Å². The fourth-order valence-electron chi connectivity index (χ4n) is 1.85. The van der Waals surface area contributed by atoms with Crippen molar-refractivity contribution in [2.24, 2.45) is 0 Å². The second kappa shape index (κ2) is 4.69. The van der Waals surface area contributed by atoms with Crippen LogP contribution in [0.25, 0.3) is 10.9 Å². The monoisotopic (exact) mass is 232 g/mol. The number of carbonyl (C=O) groups excluding carboxylic acids is 1. The molecule has 88 valence electrons. The molecule has 1 amide bonds. The van der Waals surface area contributed by atoms with E-state index in [1.807, 2.05) is 24.3 Å². The van der Waals surface area contributed by atoms with E-state index in [9.17, 15) is 9.59 Å². The summed E-state index contributed by atoms with van der Waals surface area (Å²) in [6.45, 7) is 0. The van der Waals surface area contributed by atoms with Gasteiger partial charge in [0.05, 0.1) is 0 Å². The lowest BCUT2D eigenvalue weighted by atomic mass is 10.0. The molecule has 5 heteroatoms. The Morgan fingerprint density at radius 1 is 1.47 bits per heavy atom. The van der Waals surface area contributed by atoms with Gasteiger partial charge in [0, 0.05) is 23.5 Å². The van der Waals surface area contributed by atoms with E-state index in [0.717, 1.165) is 16.5 Å². The Morgan fingerprint density at radius 3 is 3.00 bits per heavy atom. The van der Waals surface area contributed by atoms with Gasteiger partial charge in [0.2, 0.25) is 6.41 Å². The number of hydrogen-bond acceptors (Lipinski definition) is 2. The lowest BCUT2D eigenvalue weighted by Crippen LogP contribution is -2.37. The number of benzene rings is 1. The van der Waals surface area contributed by atoms with Gasteiger partial charge in [-0.3, -0.25) is 4.79 Å². The normalized spacial score (nSPS) is 12.2. The fraction of sp³-hybridized carbons (Fsp3) is 0.167. The summed E-state index contributed by atoms with van der Waals surface area (Å²) in [7, 11) is 0. The number of carboxylic acid groups (broad SMARTS) is 1. The lowest BCUT2D eigenvalue weighted by molar-refractivity contribution is -0.140. The maximum Gasteiger partial charge on any atom is 0.326 e. The number of aromatic amines is 1. The van der Waals surface area contributed by atoms with Gasteiger partial charge in [0.15, 0.2) is 0 Å². The van der Waals surface area contributed by atoms with Gasteiger partial charge >= 0.3 is 5.97 Å². The molecule has 0 saturated heterocycles. The number of carboxylic acids is 1. The zero-order valence-electron chi connectivity index (χ0n) is 9.01. The van der Waals surface area contributed by atoms with Gasteiger partial charge in [-0.05, 0) is 17.7 Å². The standard InChI is InChI=1S/C12H12N2O3/c15-7-14-11(12(16)17)6-8-2-1-3-10-9(8)4-5-13-10/h1-5,7,11,13H,6H2,(H,14,15)(H,16,17). The molecule has 0 saturated carbocycles. The summed E-state index contributed by atoms with van der Waals surface area (Å²) in [5.41, 5.74) is 1.85. The van der Waals surface area contributed by atoms with E-state index in [-0.39, 0.29) is 6.42 Å². The molecule has 2 aromatic rings. The molecule has 1 aromatic carbocycles. The summed E-state index contributed by atoms with van der Waals surface area (Å²) in [4.78, 5) is 24.3. The number of fused-ring (bicyclic) bond motifs is 1. The number of nitrogens with one attached hydrogen (secondary N) is 2. The van der Waals surface area contributed by atoms with Gasteiger partial charge in [-0.15, -0.1) is 0 Å². The fourth-order valence-corrected chi connectivity index (χ4v) is 1.85. The molecular formula is C12H12N2O3. The van der Waals surface area contributed by atoms with Crippen molar-refractivity contribution in [3.8, 4) is 0 Å². The van der Waals surface area contributed by atoms with Gasteiger partial charge in [-0.25, -0.2) is 4.79 Å². The second-order valence-electron chi connectivity index (χ2n) is 3.74. The predicted octanol–water partition coefficient (Wildman–Crippen LogP) is 0.910. The third-order valence-electron chi connectivity index (χ3n) is 2.68. The largest absolute Gasteiger partial charge is 0.480 e. The number of amides is 1. The molecule has 0 fully saturated rings. The lowest BCUT2D eigenvalue weighted by Gasteiger charge is -2.11. The van der Waals surface area contributed by atoms with E-state index >= 15 is 0 Å². The Bertz CT molecular complexity index is 547. The molecule has 0 radical (unpaired) electrons. The first-order chi connectivity index (χ1) is 8.22. The smallest absolute Gasteiger partial charge is 0.326 e. The Labute approximate surface area is 97.4 Å². The van der Waals surface area contributed by atoms with Gasteiger partial charge in [0.1, 0.15) is 6.04 Å². The summed E-state index contributed by atoms with van der Waals surface area (Å²) in [6.07, 6.45) is 2.48. The van der Waals surface area contributed by atoms with Crippen LogP contribution in [-0.2, 0) is 16.0 Å². The second-order valence-corrected chi connectivity index (χ2v) is 3.74. The Kier molecular flexibility index (Phi) is 3.09. The van der Waals surface area contributed by atoms with E-state index in [0.29, 0.717) is 6.41 Å². The van der Waals surface area contributed by atoms with Crippen molar-refractivity contribution in [2.75, 3.05) is 0 Å². The summed E-state index contributed by atoms with van der Waals surface area (Å²) in [5, 5.41) is 12.2. The zero-order chi connectivity index (χ0) is 12.3. The van der Waals surface area contributed by atoms with Crippen molar-refractivity contribution in [2.45, 2.75) is 12.5 Å². The SMILES string of the molecule is O=CNC(Cc1cccc2[nH]ccc12)C(=O)O. The minimum atomic E-state index is -1.04. The predicted molar refractivity (Wildman–Crippen MR) is 62.6 cm³/mol. The summed E-state index contributed by atoms with van der Waals surface area (Å²) in [6, 6.07) is 6.63. The topological polar surface area (TPSA) is 82.2 Å². The average molecular weight is 232 g/mol. The molecular weight excluding hydrogens is 220 g/mol. The van der Waals surface area contributed by atoms with Crippen LogP contribution in [-0.4, -0.2) is 28.5 Å². The quantitative estimate of drug-likeness (QED) is 0.670. The van der Waals surface area contributed by atoms with Gasteiger partial charge < -0.3 is 15.4 Å². The van der Waals surface area contributed by atoms with Crippen molar-refractivity contribution in [1.29, 1.82) is 0 Å². The van der Waals surface area contributed by atoms with Crippen LogP contribution in [0.1, 0.15) is 5.56 Å². The number of aromatic nitrogens is 1. The first-order valence-corrected chi connectivity index (χ1v) is 5.20. The first-order valence-electron chi connectivity index (χ1n) is 5.20. The first kappa shape index (κ1) is 11.2. The highest BCUT2D eigenvalue weighted by Crippen LogP contribution is 2.18. The summed E-state index contributed by atoms with van der Waals surface area (Å²) < 4.78 is 0. The number of hydrogen-bond donors (Lipinski definition) is 3. The Morgan fingerprint density at radius 2 is 2.29 bits per heavy atom. The van der Waals surface area contributed by atoms with Crippen molar-refractivity contribution < 1.29 is 14.7 Å². The van der Waals surface area contributed by atoms with Crippen molar-refractivity contribution >= 4 is 23.3 Å². The Hall–Kier alpha value is -2.30. The molecule has 17 heavy (non-hydrogen) atoms. The molecule has 1 atom stereocenters. The van der Waals surface area contributed by atoms with Crippen LogP contribution in [0.4, 0.5) is 0 Å². The number of H-pyrrole nitrogens is 1. The Balaban J connectivity index is 2.30. The summed E-state index contributed by atoms with van der Waals surface area (Å²) >= 11 is 0. The van der Waals surface area contributed by atoms with Gasteiger partial charge in [-0.2, -0.15) is 0 Å². The zero-order valence-corrected chi connectivity index (χ0v) is 9.01. The molecule has 0 aliphatic rings. The number of rotatable bonds is 5. The van der Waals surface area contributed by atoms with Crippen LogP contribution in [0.3, 0.4) is 0 Å². The molecule has 2 rings (SSSR count). The van der Waals surface area contributed by atoms with Crippen LogP contribution < -0.4 is 5.32 Å². The maximum atomic E-state index is 10.9. The van der Waals surface area contributed by atoms with Crippen molar-refractivity contribution in [3.63, 3.8) is 0 Å². The highest BCUT2D eigenvalue weighted by Gasteiger charge is 2.17. The van der Waals surface area contributed by atoms with E-state index in [2.05, 4.69) is 10.3 Å². The van der Waals surface area contributed by atoms with Crippen molar-refractivity contribution in [1.82, 2.24) is 10.3 Å². The number of carbonyl (C=O) groups is 2. The third-order valence-corrected chi connectivity index (χ3v) is 2.68. The molecule has 3 N–H and O–H groups in total. The third kappa shape index (κ3) is 2.28. The molecule has 0 spiro atoms. The average Bonchev–Trinajstić information content (AvgIpc) is 2.77. The maximum absolute atomic E-state index is 10.9. The van der Waals surface area contributed by atoms with Crippen LogP contribution in [0.5, 0.6) is 0 Å².